The van der Waals surface area contributed by atoms with Crippen LogP contribution in [0.25, 0.3) is 10.9 Å². The van der Waals surface area contributed by atoms with Crippen LogP contribution in [0.2, 0.25) is 0 Å². The molecular formula is C16H18N4O4S. The molecule has 132 valence electrons. The fourth-order valence-corrected chi connectivity index (χ4v) is 3.40. The lowest BCUT2D eigenvalue weighted by Gasteiger charge is -2.18. The Balaban J connectivity index is 2.00. The van der Waals surface area contributed by atoms with Gasteiger partial charge in [-0.05, 0) is 39.0 Å². The number of sulfonamides is 1. The van der Waals surface area contributed by atoms with Crippen molar-refractivity contribution in [2.24, 2.45) is 0 Å². The molecule has 3 rings (SSSR count). The molecule has 0 amide bonds. The largest absolute Gasteiger partial charge is 0.478 e. The first kappa shape index (κ1) is 17.0. The van der Waals surface area contributed by atoms with E-state index in [1.54, 1.807) is 23.0 Å². The van der Waals surface area contributed by atoms with Crippen LogP contribution in [-0.2, 0) is 15.6 Å². The molecule has 0 aliphatic heterocycles. The molecule has 8 nitrogen and oxygen atoms in total. The van der Waals surface area contributed by atoms with E-state index in [0.29, 0.717) is 10.9 Å². The Kier molecular flexibility index (Phi) is 3.83. The van der Waals surface area contributed by atoms with Crippen molar-refractivity contribution in [1.29, 1.82) is 0 Å². The van der Waals surface area contributed by atoms with E-state index in [9.17, 15) is 18.3 Å². The number of nitrogens with zero attached hydrogens (tertiary/aromatic N) is 2. The van der Waals surface area contributed by atoms with Gasteiger partial charge in [-0.1, -0.05) is 0 Å². The molecular weight excluding hydrogens is 344 g/mol. The molecule has 0 fully saturated rings. The van der Waals surface area contributed by atoms with Gasteiger partial charge in [0.25, 0.3) is 10.0 Å². The minimum atomic E-state index is -3.89. The van der Waals surface area contributed by atoms with Crippen molar-refractivity contribution in [2.75, 3.05) is 4.72 Å². The predicted molar refractivity (Wildman–Crippen MR) is 93.3 cm³/mol. The molecule has 0 saturated carbocycles. The second kappa shape index (κ2) is 5.62. The van der Waals surface area contributed by atoms with Crippen LogP contribution >= 0.6 is 0 Å². The van der Waals surface area contributed by atoms with Gasteiger partial charge in [0.15, 0.2) is 0 Å². The van der Waals surface area contributed by atoms with Crippen molar-refractivity contribution >= 4 is 32.6 Å². The quantitative estimate of drug-likeness (QED) is 0.659. The fourth-order valence-electron chi connectivity index (χ4n) is 2.43. The number of benzene rings is 1. The molecule has 25 heavy (non-hydrogen) atoms. The first-order chi connectivity index (χ1) is 11.6. The van der Waals surface area contributed by atoms with Crippen molar-refractivity contribution in [3.8, 4) is 0 Å². The maximum Gasteiger partial charge on any atom is 0.336 e. The molecule has 0 radical (unpaired) electrons. The zero-order valence-electron chi connectivity index (χ0n) is 13.9. The minimum absolute atomic E-state index is 0.00545. The van der Waals surface area contributed by atoms with Crippen LogP contribution in [0.15, 0.2) is 41.7 Å². The second-order valence-corrected chi connectivity index (χ2v) is 8.35. The SMILES string of the molecule is CC(C)(C)n1cc(S(=O)(=O)Nc2cc(C(=O)O)c3cc[nH]c3c2)cn1. The van der Waals surface area contributed by atoms with Gasteiger partial charge in [-0.25, -0.2) is 13.2 Å². The lowest BCUT2D eigenvalue weighted by Crippen LogP contribution is -2.22. The number of anilines is 1. The molecule has 0 saturated heterocycles. The van der Waals surface area contributed by atoms with Gasteiger partial charge in [-0.15, -0.1) is 0 Å². The normalized spacial score (nSPS) is 12.4. The maximum atomic E-state index is 12.6. The lowest BCUT2D eigenvalue weighted by molar-refractivity contribution is 0.0699. The highest BCUT2D eigenvalue weighted by atomic mass is 32.2. The van der Waals surface area contributed by atoms with Gasteiger partial charge in [0.2, 0.25) is 0 Å². The summed E-state index contributed by atoms with van der Waals surface area (Å²) in [5.74, 6) is -1.13. The number of carbonyl (C=O) groups is 1. The van der Waals surface area contributed by atoms with Crippen LogP contribution in [-0.4, -0.2) is 34.3 Å². The first-order valence-corrected chi connectivity index (χ1v) is 8.99. The standard InChI is InChI=1S/C16H18N4O4S/c1-16(2,3)20-9-11(8-18-20)25(23,24)19-10-6-13(15(21)22)12-4-5-17-14(12)7-10/h4-9,17,19H,1-3H3,(H,21,22). The molecule has 2 aromatic heterocycles. The second-order valence-electron chi connectivity index (χ2n) is 6.66. The maximum absolute atomic E-state index is 12.6. The molecule has 3 N–H and O–H groups in total. The van der Waals surface area contributed by atoms with Gasteiger partial charge >= 0.3 is 5.97 Å². The summed E-state index contributed by atoms with van der Waals surface area (Å²) in [4.78, 5) is 14.3. The van der Waals surface area contributed by atoms with E-state index in [0.717, 1.165) is 0 Å². The zero-order chi connectivity index (χ0) is 18.4. The third-order valence-electron chi connectivity index (χ3n) is 3.71. The van der Waals surface area contributed by atoms with Crippen LogP contribution in [0, 0.1) is 0 Å². The molecule has 0 bridgehead atoms. The molecule has 0 spiro atoms. The van der Waals surface area contributed by atoms with Crippen molar-refractivity contribution in [1.82, 2.24) is 14.8 Å². The lowest BCUT2D eigenvalue weighted by atomic mass is 10.1. The van der Waals surface area contributed by atoms with E-state index in [-0.39, 0.29) is 21.7 Å². The van der Waals surface area contributed by atoms with Crippen molar-refractivity contribution in [3.05, 3.63) is 42.4 Å². The number of aromatic carboxylic acids is 1. The molecule has 1 aromatic carbocycles. The molecule has 9 heteroatoms. The van der Waals surface area contributed by atoms with Crippen molar-refractivity contribution < 1.29 is 18.3 Å². The van der Waals surface area contributed by atoms with Crippen LogP contribution in [0.3, 0.4) is 0 Å². The van der Waals surface area contributed by atoms with Crippen molar-refractivity contribution in [3.63, 3.8) is 0 Å². The topological polar surface area (TPSA) is 117 Å². The molecule has 0 unspecified atom stereocenters. The minimum Gasteiger partial charge on any atom is -0.478 e. The van der Waals surface area contributed by atoms with Crippen LogP contribution < -0.4 is 4.72 Å². The number of rotatable bonds is 4. The van der Waals surface area contributed by atoms with E-state index in [4.69, 9.17) is 0 Å². The number of hydrogen-bond acceptors (Lipinski definition) is 4. The average Bonchev–Trinajstić information content (AvgIpc) is 3.14. The summed E-state index contributed by atoms with van der Waals surface area (Å²) in [5.41, 5.74) is 0.355. The number of carboxylic acid groups (broad SMARTS) is 1. The van der Waals surface area contributed by atoms with E-state index in [1.165, 1.54) is 18.5 Å². The van der Waals surface area contributed by atoms with Crippen LogP contribution in [0.5, 0.6) is 0 Å². The molecule has 0 aliphatic rings. The summed E-state index contributed by atoms with van der Waals surface area (Å²) < 4.78 is 29.1. The average molecular weight is 362 g/mol. The summed E-state index contributed by atoms with van der Waals surface area (Å²) in [6.07, 6.45) is 4.30. The molecule has 0 aliphatic carbocycles. The summed E-state index contributed by atoms with van der Waals surface area (Å²) >= 11 is 0. The molecule has 0 atom stereocenters. The summed E-state index contributed by atoms with van der Waals surface area (Å²) in [6, 6.07) is 4.47. The number of carboxylic acids is 1. The predicted octanol–water partition coefficient (Wildman–Crippen LogP) is 2.62. The Morgan fingerprint density at radius 1 is 1.32 bits per heavy atom. The number of nitrogens with one attached hydrogen (secondary N) is 2. The highest BCUT2D eigenvalue weighted by molar-refractivity contribution is 7.92. The van der Waals surface area contributed by atoms with Gasteiger partial charge in [-0.3, -0.25) is 9.40 Å². The Bertz CT molecular complexity index is 1060. The third-order valence-corrected chi connectivity index (χ3v) is 5.04. The number of aromatic nitrogens is 3. The number of hydrogen-bond donors (Lipinski definition) is 3. The zero-order valence-corrected chi connectivity index (χ0v) is 14.8. The fraction of sp³-hybridized carbons (Fsp3) is 0.250. The summed E-state index contributed by atoms with van der Waals surface area (Å²) in [5, 5.41) is 13.9. The van der Waals surface area contributed by atoms with Gasteiger partial charge < -0.3 is 10.1 Å². The number of aromatic amines is 1. The Morgan fingerprint density at radius 2 is 2.04 bits per heavy atom. The Hall–Kier alpha value is -2.81. The van der Waals surface area contributed by atoms with Crippen LogP contribution in [0.1, 0.15) is 31.1 Å². The summed E-state index contributed by atoms with van der Waals surface area (Å²) in [6.45, 7) is 5.71. The Morgan fingerprint density at radius 3 is 2.64 bits per heavy atom. The number of fused-ring (bicyclic) bond motifs is 1. The van der Waals surface area contributed by atoms with Gasteiger partial charge in [0, 0.05) is 23.3 Å². The van der Waals surface area contributed by atoms with E-state index in [2.05, 4.69) is 14.8 Å². The monoisotopic (exact) mass is 362 g/mol. The smallest absolute Gasteiger partial charge is 0.336 e. The first-order valence-electron chi connectivity index (χ1n) is 7.50. The highest BCUT2D eigenvalue weighted by Crippen LogP contribution is 2.25. The molecule has 2 heterocycles. The van der Waals surface area contributed by atoms with E-state index in [1.807, 2.05) is 20.8 Å². The van der Waals surface area contributed by atoms with E-state index < -0.39 is 16.0 Å². The Labute approximate surface area is 144 Å². The van der Waals surface area contributed by atoms with Gasteiger partial charge in [0.1, 0.15) is 4.90 Å². The van der Waals surface area contributed by atoms with E-state index >= 15 is 0 Å². The summed E-state index contributed by atoms with van der Waals surface area (Å²) in [7, 11) is -3.89. The number of H-pyrrole nitrogens is 1. The van der Waals surface area contributed by atoms with Gasteiger partial charge in [0.05, 0.1) is 23.0 Å². The van der Waals surface area contributed by atoms with Crippen molar-refractivity contribution in [2.45, 2.75) is 31.2 Å². The highest BCUT2D eigenvalue weighted by Gasteiger charge is 2.22. The van der Waals surface area contributed by atoms with Gasteiger partial charge in [-0.2, -0.15) is 5.10 Å². The van der Waals surface area contributed by atoms with Crippen LogP contribution in [0.4, 0.5) is 5.69 Å². The third kappa shape index (κ3) is 3.22. The molecule has 3 aromatic rings.